The lowest BCUT2D eigenvalue weighted by atomic mass is 10.3. The van der Waals surface area contributed by atoms with Crippen LogP contribution in [0.5, 0.6) is 5.75 Å². The van der Waals surface area contributed by atoms with Crippen LogP contribution in [0.15, 0.2) is 53.5 Å². The average molecular weight is 415 g/mol. The van der Waals surface area contributed by atoms with Crippen LogP contribution in [0, 0.1) is 6.92 Å². The Hall–Kier alpha value is -2.58. The van der Waals surface area contributed by atoms with E-state index in [0.717, 1.165) is 11.4 Å². The quantitative estimate of drug-likeness (QED) is 0.408. The van der Waals surface area contributed by atoms with Gasteiger partial charge in [-0.05, 0) is 32.0 Å². The van der Waals surface area contributed by atoms with Gasteiger partial charge in [-0.1, -0.05) is 30.0 Å². The fraction of sp³-hybridized carbons (Fsp3) is 0.250. The number of amides is 1. The molecule has 28 heavy (non-hydrogen) atoms. The summed E-state index contributed by atoms with van der Waals surface area (Å²) < 4.78 is 7.52. The van der Waals surface area contributed by atoms with Crippen molar-refractivity contribution in [1.29, 1.82) is 0 Å². The molecule has 0 saturated carbocycles. The molecule has 0 aliphatic heterocycles. The second-order valence-electron chi connectivity index (χ2n) is 5.92. The van der Waals surface area contributed by atoms with E-state index in [0.29, 0.717) is 29.7 Å². The van der Waals surface area contributed by atoms with Gasteiger partial charge in [0.2, 0.25) is 5.91 Å². The summed E-state index contributed by atoms with van der Waals surface area (Å²) >= 11 is 3.02. The number of aryl methyl sites for hydroxylation is 1. The van der Waals surface area contributed by atoms with E-state index in [9.17, 15) is 4.79 Å². The van der Waals surface area contributed by atoms with Gasteiger partial charge in [0.1, 0.15) is 5.75 Å². The number of carbonyl (C=O) groups excluding carboxylic acids is 1. The Kier molecular flexibility index (Phi) is 6.89. The maximum atomic E-state index is 12.4. The summed E-state index contributed by atoms with van der Waals surface area (Å²) in [5.74, 6) is 1.54. The third-order valence-corrected chi connectivity index (χ3v) is 5.64. The monoisotopic (exact) mass is 414 g/mol. The minimum absolute atomic E-state index is 0.127. The van der Waals surface area contributed by atoms with Gasteiger partial charge in [0.25, 0.3) is 0 Å². The lowest BCUT2D eigenvalue weighted by Gasteiger charge is -2.11. The van der Waals surface area contributed by atoms with Gasteiger partial charge < -0.3 is 10.1 Å². The zero-order valence-electron chi connectivity index (χ0n) is 15.8. The number of anilines is 1. The Labute approximate surface area is 172 Å². The number of rotatable bonds is 9. The summed E-state index contributed by atoms with van der Waals surface area (Å²) in [4.78, 5) is 13.6. The van der Waals surface area contributed by atoms with Crippen LogP contribution in [0.25, 0.3) is 11.4 Å². The lowest BCUT2D eigenvalue weighted by molar-refractivity contribution is -0.113. The molecular formula is C20H22N4O2S2. The fourth-order valence-corrected chi connectivity index (χ4v) is 4.06. The van der Waals surface area contributed by atoms with Gasteiger partial charge in [-0.25, -0.2) is 0 Å². The summed E-state index contributed by atoms with van der Waals surface area (Å²) in [6, 6.07) is 9.48. The number of hydrogen-bond donors (Lipinski definition) is 1. The number of para-hydroxylation sites is 2. The first-order valence-corrected chi connectivity index (χ1v) is 10.7. The first kappa shape index (κ1) is 20.2. The molecule has 1 aromatic carbocycles. The van der Waals surface area contributed by atoms with E-state index < -0.39 is 0 Å². The normalized spacial score (nSPS) is 10.6. The number of aromatic nitrogens is 3. The van der Waals surface area contributed by atoms with Crippen molar-refractivity contribution in [2.24, 2.45) is 0 Å². The van der Waals surface area contributed by atoms with Gasteiger partial charge in [0.15, 0.2) is 11.0 Å². The first-order chi connectivity index (χ1) is 13.6. The Bertz CT molecular complexity index is 965. The highest BCUT2D eigenvalue weighted by atomic mass is 32.2. The van der Waals surface area contributed by atoms with Crippen molar-refractivity contribution in [2.45, 2.75) is 25.5 Å². The van der Waals surface area contributed by atoms with Gasteiger partial charge in [0, 0.05) is 22.4 Å². The lowest BCUT2D eigenvalue weighted by Crippen LogP contribution is -2.15. The standard InChI is InChI=1S/C20H22N4O2S2/c1-4-10-24-19(15-11-14(3)27-12-15)22-23-20(24)28-13-18(25)21-16-8-6-7-9-17(16)26-5-2/h4,6-9,11-12H,1,5,10,13H2,2-3H3,(H,21,25). The Morgan fingerprint density at radius 1 is 1.39 bits per heavy atom. The summed E-state index contributed by atoms with van der Waals surface area (Å²) in [7, 11) is 0. The van der Waals surface area contributed by atoms with Gasteiger partial charge in [-0.3, -0.25) is 9.36 Å². The maximum absolute atomic E-state index is 12.4. The van der Waals surface area contributed by atoms with E-state index in [2.05, 4.69) is 40.5 Å². The van der Waals surface area contributed by atoms with Gasteiger partial charge >= 0.3 is 0 Å². The molecule has 0 saturated heterocycles. The minimum atomic E-state index is -0.127. The highest BCUT2D eigenvalue weighted by Crippen LogP contribution is 2.28. The summed E-state index contributed by atoms with van der Waals surface area (Å²) in [6.45, 7) is 8.90. The molecule has 0 atom stereocenters. The van der Waals surface area contributed by atoms with Crippen molar-refractivity contribution in [3.63, 3.8) is 0 Å². The van der Waals surface area contributed by atoms with Crippen LogP contribution < -0.4 is 10.1 Å². The third-order valence-electron chi connectivity index (χ3n) is 3.81. The molecule has 0 fully saturated rings. The molecule has 8 heteroatoms. The van der Waals surface area contributed by atoms with Crippen molar-refractivity contribution in [2.75, 3.05) is 17.7 Å². The molecule has 2 aromatic heterocycles. The van der Waals surface area contributed by atoms with Crippen LogP contribution >= 0.6 is 23.1 Å². The molecular weight excluding hydrogens is 392 g/mol. The molecule has 3 rings (SSSR count). The average Bonchev–Trinajstić information content (AvgIpc) is 3.28. The molecule has 0 spiro atoms. The molecule has 1 N–H and O–H groups in total. The smallest absolute Gasteiger partial charge is 0.234 e. The van der Waals surface area contributed by atoms with Crippen molar-refractivity contribution < 1.29 is 9.53 Å². The van der Waals surface area contributed by atoms with E-state index in [4.69, 9.17) is 4.74 Å². The summed E-state index contributed by atoms with van der Waals surface area (Å²) in [5, 5.41) is 14.2. The molecule has 0 bridgehead atoms. The summed E-state index contributed by atoms with van der Waals surface area (Å²) in [6.07, 6.45) is 1.80. The van der Waals surface area contributed by atoms with Gasteiger partial charge in [0.05, 0.1) is 18.0 Å². The SMILES string of the molecule is C=CCn1c(SCC(=O)Nc2ccccc2OCC)nnc1-c1csc(C)c1. The van der Waals surface area contributed by atoms with E-state index in [1.165, 1.54) is 16.6 Å². The first-order valence-electron chi connectivity index (χ1n) is 8.86. The molecule has 0 unspecified atom stereocenters. The predicted molar refractivity (Wildman–Crippen MR) is 115 cm³/mol. The molecule has 6 nitrogen and oxygen atoms in total. The van der Waals surface area contributed by atoms with E-state index in [1.807, 2.05) is 35.8 Å². The molecule has 1 amide bonds. The molecule has 3 aromatic rings. The van der Waals surface area contributed by atoms with Gasteiger partial charge in [-0.15, -0.1) is 28.1 Å². The highest BCUT2D eigenvalue weighted by Gasteiger charge is 2.16. The number of hydrogen-bond acceptors (Lipinski definition) is 6. The molecule has 2 heterocycles. The number of nitrogens with one attached hydrogen (secondary N) is 1. The second-order valence-corrected chi connectivity index (χ2v) is 7.98. The van der Waals surface area contributed by atoms with Crippen molar-refractivity contribution in [1.82, 2.24) is 14.8 Å². The van der Waals surface area contributed by atoms with Crippen LogP contribution in [0.2, 0.25) is 0 Å². The number of thiophene rings is 1. The largest absolute Gasteiger partial charge is 0.492 e. The van der Waals surface area contributed by atoms with Crippen molar-refractivity contribution >= 4 is 34.7 Å². The highest BCUT2D eigenvalue weighted by molar-refractivity contribution is 7.99. The Morgan fingerprint density at radius 2 is 2.21 bits per heavy atom. The summed E-state index contributed by atoms with van der Waals surface area (Å²) in [5.41, 5.74) is 1.69. The van der Waals surface area contributed by atoms with Gasteiger partial charge in [-0.2, -0.15) is 0 Å². The number of ether oxygens (including phenoxy) is 1. The number of nitrogens with zero attached hydrogens (tertiary/aromatic N) is 3. The van der Waals surface area contributed by atoms with E-state index in [-0.39, 0.29) is 11.7 Å². The second kappa shape index (κ2) is 9.57. The van der Waals surface area contributed by atoms with Crippen LogP contribution in [-0.2, 0) is 11.3 Å². The number of allylic oxidation sites excluding steroid dienone is 1. The minimum Gasteiger partial charge on any atom is -0.492 e. The van der Waals surface area contributed by atoms with Crippen LogP contribution in [-0.4, -0.2) is 33.0 Å². The molecule has 0 aliphatic carbocycles. The van der Waals surface area contributed by atoms with E-state index >= 15 is 0 Å². The topological polar surface area (TPSA) is 69.0 Å². The maximum Gasteiger partial charge on any atom is 0.234 e. The number of carbonyl (C=O) groups is 1. The Balaban J connectivity index is 1.70. The van der Waals surface area contributed by atoms with Crippen molar-refractivity contribution in [3.8, 4) is 17.1 Å². The molecule has 0 radical (unpaired) electrons. The number of benzene rings is 1. The predicted octanol–water partition coefficient (Wildman–Crippen LogP) is 4.63. The van der Waals surface area contributed by atoms with E-state index in [1.54, 1.807) is 17.4 Å². The zero-order valence-corrected chi connectivity index (χ0v) is 17.5. The third kappa shape index (κ3) is 4.82. The number of thioether (sulfide) groups is 1. The van der Waals surface area contributed by atoms with Crippen LogP contribution in [0.4, 0.5) is 5.69 Å². The zero-order chi connectivity index (χ0) is 19.9. The molecule has 146 valence electrons. The Morgan fingerprint density at radius 3 is 2.93 bits per heavy atom. The fourth-order valence-electron chi connectivity index (χ4n) is 2.63. The van der Waals surface area contributed by atoms with Crippen LogP contribution in [0.1, 0.15) is 11.8 Å². The van der Waals surface area contributed by atoms with Crippen LogP contribution in [0.3, 0.4) is 0 Å². The molecule has 0 aliphatic rings. The van der Waals surface area contributed by atoms with Crippen molar-refractivity contribution in [3.05, 3.63) is 53.2 Å².